The lowest BCUT2D eigenvalue weighted by atomic mass is 9.97. The van der Waals surface area contributed by atoms with Gasteiger partial charge in [0.25, 0.3) is 0 Å². The molecule has 0 heterocycles. The first kappa shape index (κ1) is 11.6. The fraction of sp³-hybridized carbons (Fsp3) is 0.462. The van der Waals surface area contributed by atoms with Crippen molar-refractivity contribution in [2.75, 3.05) is 0 Å². The summed E-state index contributed by atoms with van der Waals surface area (Å²) in [6.07, 6.45) is 0.723. The summed E-state index contributed by atoms with van der Waals surface area (Å²) in [5, 5.41) is 10.0. The van der Waals surface area contributed by atoms with Crippen LogP contribution in [-0.4, -0.2) is 10.9 Å². The molecule has 1 N–H and O–H groups in total. The number of Topliss-reactive ketones (excluding diaryl/α,β-unsaturated/α-hetero) is 1. The summed E-state index contributed by atoms with van der Waals surface area (Å²) in [5.74, 6) is 0.728. The zero-order valence-corrected chi connectivity index (χ0v) is 11.3. The lowest BCUT2D eigenvalue weighted by Gasteiger charge is -2.13. The van der Waals surface area contributed by atoms with Crippen molar-refractivity contribution in [1.29, 1.82) is 0 Å². The van der Waals surface area contributed by atoms with E-state index in [-0.39, 0.29) is 23.4 Å². The molecular formula is C13H15BrO2. The van der Waals surface area contributed by atoms with Gasteiger partial charge >= 0.3 is 0 Å². The van der Waals surface area contributed by atoms with Crippen molar-refractivity contribution in [2.45, 2.75) is 33.1 Å². The molecule has 1 aliphatic carbocycles. The number of halogens is 1. The summed E-state index contributed by atoms with van der Waals surface area (Å²) in [5.41, 5.74) is 2.58. The van der Waals surface area contributed by atoms with Crippen molar-refractivity contribution in [3.63, 3.8) is 0 Å². The third-order valence-corrected chi connectivity index (χ3v) is 4.07. The molecule has 0 aromatic heterocycles. The van der Waals surface area contributed by atoms with Crippen LogP contribution in [0.2, 0.25) is 0 Å². The largest absolute Gasteiger partial charge is 0.506 e. The summed E-state index contributed by atoms with van der Waals surface area (Å²) < 4.78 is 0.700. The Morgan fingerprint density at radius 2 is 2.12 bits per heavy atom. The molecule has 86 valence electrons. The van der Waals surface area contributed by atoms with E-state index in [2.05, 4.69) is 15.9 Å². The number of aromatic hydroxyl groups is 1. The number of carbonyl (C=O) groups is 1. The van der Waals surface area contributed by atoms with E-state index in [1.165, 1.54) is 0 Å². The van der Waals surface area contributed by atoms with Crippen molar-refractivity contribution in [2.24, 2.45) is 5.92 Å². The second-order valence-corrected chi connectivity index (χ2v) is 5.57. The van der Waals surface area contributed by atoms with Crippen molar-refractivity contribution in [1.82, 2.24) is 0 Å². The van der Waals surface area contributed by atoms with Crippen LogP contribution in [0.15, 0.2) is 10.5 Å². The molecule has 16 heavy (non-hydrogen) atoms. The van der Waals surface area contributed by atoms with Gasteiger partial charge < -0.3 is 5.11 Å². The van der Waals surface area contributed by atoms with E-state index in [4.69, 9.17) is 0 Å². The molecule has 0 amide bonds. The van der Waals surface area contributed by atoms with E-state index in [1.54, 1.807) is 0 Å². The van der Waals surface area contributed by atoms with Crippen LogP contribution in [0, 0.1) is 5.92 Å². The third-order valence-electron chi connectivity index (χ3n) is 3.22. The van der Waals surface area contributed by atoms with Gasteiger partial charge in [-0.05, 0) is 45.5 Å². The van der Waals surface area contributed by atoms with Gasteiger partial charge in [0.2, 0.25) is 0 Å². The maximum Gasteiger partial charge on any atom is 0.166 e. The topological polar surface area (TPSA) is 37.3 Å². The Hall–Kier alpha value is -0.830. The Balaban J connectivity index is 2.67. The number of hydrogen-bond acceptors (Lipinski definition) is 2. The normalized spacial score (nSPS) is 19.3. The monoisotopic (exact) mass is 282 g/mol. The molecule has 1 aromatic carbocycles. The summed E-state index contributed by atoms with van der Waals surface area (Å²) in [6.45, 7) is 5.95. The van der Waals surface area contributed by atoms with Crippen molar-refractivity contribution < 1.29 is 9.90 Å². The van der Waals surface area contributed by atoms with Gasteiger partial charge in [0.15, 0.2) is 5.78 Å². The molecule has 0 saturated heterocycles. The number of carbonyl (C=O) groups excluding carboxylic acids is 1. The number of hydrogen-bond donors (Lipinski definition) is 1. The minimum absolute atomic E-state index is 0.0353. The quantitative estimate of drug-likeness (QED) is 0.854. The number of phenols is 1. The van der Waals surface area contributed by atoms with Crippen molar-refractivity contribution in [3.05, 3.63) is 27.2 Å². The fourth-order valence-corrected chi connectivity index (χ4v) is 2.83. The first-order chi connectivity index (χ1) is 7.43. The molecule has 2 rings (SSSR count). The van der Waals surface area contributed by atoms with Crippen LogP contribution in [0.5, 0.6) is 5.75 Å². The highest BCUT2D eigenvalue weighted by atomic mass is 79.9. The van der Waals surface area contributed by atoms with E-state index in [0.717, 1.165) is 23.1 Å². The predicted octanol–water partition coefficient (Wildman–Crippen LogP) is 3.65. The van der Waals surface area contributed by atoms with Crippen molar-refractivity contribution >= 4 is 21.7 Å². The summed E-state index contributed by atoms with van der Waals surface area (Å²) in [4.78, 5) is 11.9. The van der Waals surface area contributed by atoms with Crippen LogP contribution in [0.25, 0.3) is 0 Å². The fourth-order valence-electron chi connectivity index (χ4n) is 2.22. The van der Waals surface area contributed by atoms with Crippen LogP contribution >= 0.6 is 15.9 Å². The summed E-state index contributed by atoms with van der Waals surface area (Å²) in [6, 6.07) is 1.85. The number of phenolic OH excluding ortho intramolecular Hbond substituents is 1. The Bertz CT molecular complexity index is 463. The van der Waals surface area contributed by atoms with Gasteiger partial charge in [0.05, 0.1) is 4.47 Å². The maximum absolute atomic E-state index is 11.9. The molecular weight excluding hydrogens is 268 g/mol. The van der Waals surface area contributed by atoms with Crippen LogP contribution in [0.1, 0.15) is 48.2 Å². The van der Waals surface area contributed by atoms with Gasteiger partial charge in [0, 0.05) is 11.5 Å². The minimum Gasteiger partial charge on any atom is -0.506 e. The average molecular weight is 283 g/mol. The van der Waals surface area contributed by atoms with Gasteiger partial charge in [-0.15, -0.1) is 0 Å². The first-order valence-corrected chi connectivity index (χ1v) is 6.31. The zero-order chi connectivity index (χ0) is 12.0. The van der Waals surface area contributed by atoms with Gasteiger partial charge in [-0.1, -0.05) is 20.8 Å². The molecule has 1 atom stereocenters. The summed E-state index contributed by atoms with van der Waals surface area (Å²) >= 11 is 3.40. The standard InChI is InChI=1S/C13H15BrO2/c1-6(2)8-5-10-9(11(14)13(8)16)4-7(3)12(10)15/h5-7,16H,4H2,1-3H3. The first-order valence-electron chi connectivity index (χ1n) is 5.52. The van der Waals surface area contributed by atoms with Crippen LogP contribution < -0.4 is 0 Å². The Morgan fingerprint density at radius 1 is 1.50 bits per heavy atom. The van der Waals surface area contributed by atoms with Crippen LogP contribution in [0.4, 0.5) is 0 Å². The average Bonchev–Trinajstić information content (AvgIpc) is 2.50. The summed E-state index contributed by atoms with van der Waals surface area (Å²) in [7, 11) is 0. The zero-order valence-electron chi connectivity index (χ0n) is 9.67. The molecule has 0 aliphatic heterocycles. The van der Waals surface area contributed by atoms with Gasteiger partial charge in [-0.25, -0.2) is 0 Å². The van der Waals surface area contributed by atoms with E-state index in [0.29, 0.717) is 4.47 Å². The number of benzene rings is 1. The molecule has 0 spiro atoms. The molecule has 1 aliphatic rings. The van der Waals surface area contributed by atoms with Gasteiger partial charge in [-0.2, -0.15) is 0 Å². The Kier molecular flexibility index (Phi) is 2.82. The lowest BCUT2D eigenvalue weighted by molar-refractivity contribution is 0.0946. The molecule has 3 heteroatoms. The minimum atomic E-state index is 0.0353. The molecule has 2 nitrogen and oxygen atoms in total. The molecule has 0 bridgehead atoms. The SMILES string of the molecule is CC1Cc2c(cc(C(C)C)c(O)c2Br)C1=O. The number of rotatable bonds is 1. The third kappa shape index (κ3) is 1.58. The second-order valence-electron chi connectivity index (χ2n) is 4.78. The molecule has 0 radical (unpaired) electrons. The van der Waals surface area contributed by atoms with Crippen LogP contribution in [0.3, 0.4) is 0 Å². The van der Waals surface area contributed by atoms with Gasteiger partial charge in [0.1, 0.15) is 5.75 Å². The van der Waals surface area contributed by atoms with Crippen molar-refractivity contribution in [3.8, 4) is 5.75 Å². The maximum atomic E-state index is 11.9. The number of ketones is 1. The van der Waals surface area contributed by atoms with E-state index < -0.39 is 0 Å². The van der Waals surface area contributed by atoms with E-state index in [1.807, 2.05) is 26.8 Å². The van der Waals surface area contributed by atoms with E-state index in [9.17, 15) is 9.90 Å². The molecule has 0 fully saturated rings. The smallest absolute Gasteiger partial charge is 0.166 e. The Labute approximate surface area is 104 Å². The van der Waals surface area contributed by atoms with Crippen LogP contribution in [-0.2, 0) is 6.42 Å². The Morgan fingerprint density at radius 3 is 2.69 bits per heavy atom. The number of fused-ring (bicyclic) bond motifs is 1. The van der Waals surface area contributed by atoms with Gasteiger partial charge in [-0.3, -0.25) is 4.79 Å². The second kappa shape index (κ2) is 3.88. The molecule has 1 aromatic rings. The lowest BCUT2D eigenvalue weighted by Crippen LogP contribution is -2.03. The highest BCUT2D eigenvalue weighted by molar-refractivity contribution is 9.10. The highest BCUT2D eigenvalue weighted by Gasteiger charge is 2.31. The van der Waals surface area contributed by atoms with E-state index >= 15 is 0 Å². The highest BCUT2D eigenvalue weighted by Crippen LogP contribution is 2.42. The molecule has 0 saturated carbocycles. The molecule has 1 unspecified atom stereocenters. The predicted molar refractivity (Wildman–Crippen MR) is 67.1 cm³/mol.